The maximum absolute atomic E-state index is 13.2. The van der Waals surface area contributed by atoms with Crippen LogP contribution in [0.1, 0.15) is 17.9 Å². The van der Waals surface area contributed by atoms with Crippen LogP contribution in [-0.2, 0) is 0 Å². The van der Waals surface area contributed by atoms with E-state index in [1.54, 1.807) is 6.07 Å². The van der Waals surface area contributed by atoms with Gasteiger partial charge in [0.1, 0.15) is 0 Å². The summed E-state index contributed by atoms with van der Waals surface area (Å²) < 4.78 is 26.1. The van der Waals surface area contributed by atoms with Crippen LogP contribution in [-0.4, -0.2) is 13.1 Å². The minimum atomic E-state index is -0.808. The Kier molecular flexibility index (Phi) is 3.30. The van der Waals surface area contributed by atoms with Crippen molar-refractivity contribution in [3.8, 4) is 11.1 Å². The predicted molar refractivity (Wildman–Crippen MR) is 72.0 cm³/mol. The normalized spacial score (nSPS) is 18.7. The standard InChI is InChI=1S/C16H15F2N/c17-15-6-5-13(9-16(15)18)11-1-3-12(4-2-11)14-7-8-19-10-14/h1-6,9,14,19H,7-8,10H2. The highest BCUT2D eigenvalue weighted by Gasteiger charge is 2.16. The first kappa shape index (κ1) is 12.3. The Morgan fingerprint density at radius 3 is 2.26 bits per heavy atom. The molecule has 1 aliphatic rings. The van der Waals surface area contributed by atoms with E-state index in [1.807, 2.05) is 12.1 Å². The average molecular weight is 259 g/mol. The third-order valence-electron chi connectivity index (χ3n) is 3.70. The van der Waals surface area contributed by atoms with Crippen LogP contribution in [0.25, 0.3) is 11.1 Å². The summed E-state index contributed by atoms with van der Waals surface area (Å²) >= 11 is 0. The summed E-state index contributed by atoms with van der Waals surface area (Å²) in [5.74, 6) is -1.04. The van der Waals surface area contributed by atoms with E-state index in [9.17, 15) is 8.78 Å². The molecule has 3 rings (SSSR count). The first-order valence-corrected chi connectivity index (χ1v) is 6.50. The van der Waals surface area contributed by atoms with Crippen molar-refractivity contribution < 1.29 is 8.78 Å². The number of hydrogen-bond acceptors (Lipinski definition) is 1. The second-order valence-corrected chi connectivity index (χ2v) is 4.94. The molecule has 1 atom stereocenters. The maximum Gasteiger partial charge on any atom is 0.159 e. The molecule has 0 aromatic heterocycles. The monoisotopic (exact) mass is 259 g/mol. The van der Waals surface area contributed by atoms with Gasteiger partial charge in [0, 0.05) is 6.54 Å². The van der Waals surface area contributed by atoms with E-state index in [0.29, 0.717) is 11.5 Å². The Labute approximate surface area is 111 Å². The minimum Gasteiger partial charge on any atom is -0.316 e. The van der Waals surface area contributed by atoms with Crippen LogP contribution in [0.15, 0.2) is 42.5 Å². The fraction of sp³-hybridized carbons (Fsp3) is 0.250. The highest BCUT2D eigenvalue weighted by molar-refractivity contribution is 5.63. The molecule has 1 saturated heterocycles. The molecule has 1 N–H and O–H groups in total. The van der Waals surface area contributed by atoms with Crippen molar-refractivity contribution in [2.24, 2.45) is 0 Å². The summed E-state index contributed by atoms with van der Waals surface area (Å²) in [6, 6.07) is 12.1. The van der Waals surface area contributed by atoms with Crippen molar-refractivity contribution in [1.29, 1.82) is 0 Å². The number of hydrogen-bond donors (Lipinski definition) is 1. The highest BCUT2D eigenvalue weighted by Crippen LogP contribution is 2.26. The van der Waals surface area contributed by atoms with Gasteiger partial charge >= 0.3 is 0 Å². The van der Waals surface area contributed by atoms with Crippen LogP contribution in [0.3, 0.4) is 0 Å². The highest BCUT2D eigenvalue weighted by atomic mass is 19.2. The summed E-state index contributed by atoms with van der Waals surface area (Å²) in [5.41, 5.74) is 2.92. The molecule has 1 heterocycles. The van der Waals surface area contributed by atoms with Crippen LogP contribution in [0.4, 0.5) is 8.78 Å². The van der Waals surface area contributed by atoms with Crippen LogP contribution in [0, 0.1) is 11.6 Å². The van der Waals surface area contributed by atoms with Gasteiger partial charge < -0.3 is 5.32 Å². The van der Waals surface area contributed by atoms with Crippen molar-refractivity contribution in [3.63, 3.8) is 0 Å². The third-order valence-corrected chi connectivity index (χ3v) is 3.70. The molecule has 0 bridgehead atoms. The van der Waals surface area contributed by atoms with Gasteiger partial charge in [-0.2, -0.15) is 0 Å². The van der Waals surface area contributed by atoms with Crippen LogP contribution < -0.4 is 5.32 Å². The molecule has 1 fully saturated rings. The molecular formula is C16H15F2N. The molecule has 1 unspecified atom stereocenters. The molecule has 1 nitrogen and oxygen atoms in total. The van der Waals surface area contributed by atoms with E-state index in [0.717, 1.165) is 25.1 Å². The second-order valence-electron chi connectivity index (χ2n) is 4.94. The van der Waals surface area contributed by atoms with E-state index in [4.69, 9.17) is 0 Å². The van der Waals surface area contributed by atoms with Crippen molar-refractivity contribution in [2.75, 3.05) is 13.1 Å². The number of halogens is 2. The molecule has 0 spiro atoms. The summed E-state index contributed by atoms with van der Waals surface area (Å²) in [6.45, 7) is 2.08. The lowest BCUT2D eigenvalue weighted by molar-refractivity contribution is 0.509. The molecule has 0 radical (unpaired) electrons. The van der Waals surface area contributed by atoms with E-state index in [-0.39, 0.29) is 0 Å². The Morgan fingerprint density at radius 2 is 1.63 bits per heavy atom. The van der Waals surface area contributed by atoms with E-state index in [1.165, 1.54) is 17.7 Å². The summed E-state index contributed by atoms with van der Waals surface area (Å²) in [6.07, 6.45) is 1.16. The lowest BCUT2D eigenvalue weighted by atomic mass is 9.95. The molecule has 98 valence electrons. The van der Waals surface area contributed by atoms with Gasteiger partial charge in [-0.15, -0.1) is 0 Å². The molecule has 19 heavy (non-hydrogen) atoms. The van der Waals surface area contributed by atoms with Gasteiger partial charge in [0.15, 0.2) is 11.6 Å². The van der Waals surface area contributed by atoms with E-state index >= 15 is 0 Å². The maximum atomic E-state index is 13.2. The molecule has 0 aliphatic carbocycles. The van der Waals surface area contributed by atoms with Crippen LogP contribution in [0.5, 0.6) is 0 Å². The number of benzene rings is 2. The van der Waals surface area contributed by atoms with Crippen molar-refractivity contribution in [1.82, 2.24) is 5.32 Å². The molecule has 2 aromatic carbocycles. The zero-order valence-electron chi connectivity index (χ0n) is 10.5. The van der Waals surface area contributed by atoms with E-state index < -0.39 is 11.6 Å². The summed E-state index contributed by atoms with van der Waals surface area (Å²) in [7, 11) is 0. The zero-order valence-corrected chi connectivity index (χ0v) is 10.5. The SMILES string of the molecule is Fc1ccc(-c2ccc(C3CCNC3)cc2)cc1F. The van der Waals surface area contributed by atoms with Gasteiger partial charge in [-0.25, -0.2) is 8.78 Å². The van der Waals surface area contributed by atoms with Gasteiger partial charge in [-0.3, -0.25) is 0 Å². The van der Waals surface area contributed by atoms with Gasteiger partial charge in [-0.05, 0) is 47.7 Å². The fourth-order valence-corrected chi connectivity index (χ4v) is 2.56. The first-order chi connectivity index (χ1) is 9.24. The van der Waals surface area contributed by atoms with Crippen molar-refractivity contribution in [3.05, 3.63) is 59.7 Å². The summed E-state index contributed by atoms with van der Waals surface area (Å²) in [5, 5.41) is 3.34. The first-order valence-electron chi connectivity index (χ1n) is 6.50. The van der Waals surface area contributed by atoms with E-state index in [2.05, 4.69) is 17.4 Å². The molecule has 1 aliphatic heterocycles. The average Bonchev–Trinajstić information content (AvgIpc) is 2.96. The second kappa shape index (κ2) is 5.10. The van der Waals surface area contributed by atoms with Gasteiger partial charge in [0.2, 0.25) is 0 Å². The Bertz CT molecular complexity index is 572. The van der Waals surface area contributed by atoms with Gasteiger partial charge in [0.25, 0.3) is 0 Å². The van der Waals surface area contributed by atoms with Crippen molar-refractivity contribution >= 4 is 0 Å². The minimum absolute atomic E-state index is 0.569. The predicted octanol–water partition coefficient (Wildman–Crippen LogP) is 3.71. The molecule has 0 amide bonds. The largest absolute Gasteiger partial charge is 0.316 e. The fourth-order valence-electron chi connectivity index (χ4n) is 2.56. The Morgan fingerprint density at radius 1 is 0.895 bits per heavy atom. The smallest absolute Gasteiger partial charge is 0.159 e. The lowest BCUT2D eigenvalue weighted by Gasteiger charge is -2.10. The van der Waals surface area contributed by atoms with Crippen LogP contribution in [0.2, 0.25) is 0 Å². The lowest BCUT2D eigenvalue weighted by Crippen LogP contribution is -2.07. The quantitative estimate of drug-likeness (QED) is 0.867. The number of nitrogens with one attached hydrogen (secondary N) is 1. The van der Waals surface area contributed by atoms with Gasteiger partial charge in [0.05, 0.1) is 0 Å². The van der Waals surface area contributed by atoms with Gasteiger partial charge in [-0.1, -0.05) is 30.3 Å². The van der Waals surface area contributed by atoms with Crippen molar-refractivity contribution in [2.45, 2.75) is 12.3 Å². The zero-order chi connectivity index (χ0) is 13.2. The molecular weight excluding hydrogens is 244 g/mol. The molecule has 0 saturated carbocycles. The molecule has 2 aromatic rings. The molecule has 3 heteroatoms. The topological polar surface area (TPSA) is 12.0 Å². The number of rotatable bonds is 2. The Hall–Kier alpha value is -1.74. The van der Waals surface area contributed by atoms with Crippen LogP contribution >= 0.6 is 0 Å². The Balaban J connectivity index is 1.87. The third kappa shape index (κ3) is 2.51. The summed E-state index contributed by atoms with van der Waals surface area (Å²) in [4.78, 5) is 0.